The van der Waals surface area contributed by atoms with Gasteiger partial charge < -0.3 is 15.5 Å². The molecule has 2 N–H and O–H groups in total. The molecule has 5 nitrogen and oxygen atoms in total. The van der Waals surface area contributed by atoms with E-state index in [1.54, 1.807) is 17.0 Å². The van der Waals surface area contributed by atoms with Gasteiger partial charge in [-0.15, -0.1) is 12.4 Å². The van der Waals surface area contributed by atoms with Crippen molar-refractivity contribution in [3.05, 3.63) is 35.6 Å². The van der Waals surface area contributed by atoms with Crippen molar-refractivity contribution in [3.63, 3.8) is 0 Å². The van der Waals surface area contributed by atoms with Gasteiger partial charge in [-0.1, -0.05) is 12.1 Å². The Labute approximate surface area is 135 Å². The Morgan fingerprint density at radius 1 is 1.45 bits per heavy atom. The Hall–Kier alpha value is -1.66. The SMILES string of the molecule is CC1CN(C(=O)CNC(=O)Cc2cccc(F)c2)CCN1.Cl. The first-order valence-electron chi connectivity index (χ1n) is 7.07. The fourth-order valence-corrected chi connectivity index (χ4v) is 2.34. The number of amides is 2. The van der Waals surface area contributed by atoms with E-state index in [-0.39, 0.29) is 49.0 Å². The van der Waals surface area contributed by atoms with Gasteiger partial charge in [0.15, 0.2) is 0 Å². The largest absolute Gasteiger partial charge is 0.347 e. The number of halogens is 2. The Morgan fingerprint density at radius 2 is 2.23 bits per heavy atom. The maximum Gasteiger partial charge on any atom is 0.242 e. The normalized spacial score (nSPS) is 17.5. The summed E-state index contributed by atoms with van der Waals surface area (Å²) in [5.41, 5.74) is 0.593. The first-order valence-corrected chi connectivity index (χ1v) is 7.07. The van der Waals surface area contributed by atoms with Crippen molar-refractivity contribution in [1.82, 2.24) is 15.5 Å². The molecule has 1 heterocycles. The number of benzene rings is 1. The van der Waals surface area contributed by atoms with Crippen molar-refractivity contribution in [3.8, 4) is 0 Å². The standard InChI is InChI=1S/C15H20FN3O2.ClH/c1-11-10-19(6-5-17-11)15(21)9-18-14(20)8-12-3-2-4-13(16)7-12;/h2-4,7,11,17H,5-6,8-10H2,1H3,(H,18,20);1H. The number of carbonyl (C=O) groups excluding carboxylic acids is 2. The summed E-state index contributed by atoms with van der Waals surface area (Å²) >= 11 is 0. The smallest absolute Gasteiger partial charge is 0.242 e. The van der Waals surface area contributed by atoms with Crippen molar-refractivity contribution >= 4 is 24.2 Å². The molecule has 0 aliphatic carbocycles. The van der Waals surface area contributed by atoms with Crippen molar-refractivity contribution in [1.29, 1.82) is 0 Å². The van der Waals surface area contributed by atoms with Crippen molar-refractivity contribution in [2.75, 3.05) is 26.2 Å². The first kappa shape index (κ1) is 18.4. The highest BCUT2D eigenvalue weighted by Gasteiger charge is 2.20. The van der Waals surface area contributed by atoms with Crippen LogP contribution in [-0.4, -0.2) is 48.9 Å². The molecule has 0 bridgehead atoms. The molecule has 1 atom stereocenters. The zero-order chi connectivity index (χ0) is 15.2. The van der Waals surface area contributed by atoms with Gasteiger partial charge in [-0.05, 0) is 24.6 Å². The fourth-order valence-electron chi connectivity index (χ4n) is 2.34. The molecule has 0 spiro atoms. The van der Waals surface area contributed by atoms with Gasteiger partial charge in [-0.3, -0.25) is 9.59 Å². The minimum atomic E-state index is -0.369. The molecule has 0 saturated carbocycles. The van der Waals surface area contributed by atoms with Crippen LogP contribution in [-0.2, 0) is 16.0 Å². The van der Waals surface area contributed by atoms with E-state index in [9.17, 15) is 14.0 Å². The number of nitrogens with zero attached hydrogens (tertiary/aromatic N) is 1. The van der Waals surface area contributed by atoms with E-state index in [1.165, 1.54) is 12.1 Å². The first-order chi connectivity index (χ1) is 10.0. The highest BCUT2D eigenvalue weighted by molar-refractivity contribution is 5.86. The Bertz CT molecular complexity index is 527. The van der Waals surface area contributed by atoms with E-state index in [0.29, 0.717) is 18.7 Å². The third kappa shape index (κ3) is 5.61. The molecular formula is C15H21ClFN3O2. The predicted molar refractivity (Wildman–Crippen MR) is 84.4 cm³/mol. The number of hydrogen-bond acceptors (Lipinski definition) is 3. The minimum Gasteiger partial charge on any atom is -0.347 e. The zero-order valence-corrected chi connectivity index (χ0v) is 13.3. The molecule has 7 heteroatoms. The number of nitrogens with one attached hydrogen (secondary N) is 2. The van der Waals surface area contributed by atoms with Gasteiger partial charge in [0.05, 0.1) is 13.0 Å². The van der Waals surface area contributed by atoms with E-state index < -0.39 is 0 Å². The Balaban J connectivity index is 0.00000242. The van der Waals surface area contributed by atoms with Gasteiger partial charge in [0, 0.05) is 25.7 Å². The molecule has 122 valence electrons. The molecule has 0 radical (unpaired) electrons. The van der Waals surface area contributed by atoms with E-state index >= 15 is 0 Å². The van der Waals surface area contributed by atoms with E-state index in [2.05, 4.69) is 10.6 Å². The lowest BCUT2D eigenvalue weighted by molar-refractivity contribution is -0.133. The highest BCUT2D eigenvalue weighted by atomic mass is 35.5. The van der Waals surface area contributed by atoms with Gasteiger partial charge >= 0.3 is 0 Å². The lowest BCUT2D eigenvalue weighted by Crippen LogP contribution is -2.53. The van der Waals surface area contributed by atoms with Crippen LogP contribution >= 0.6 is 12.4 Å². The van der Waals surface area contributed by atoms with Gasteiger partial charge in [0.2, 0.25) is 11.8 Å². The molecule has 1 aromatic carbocycles. The average Bonchev–Trinajstić information content (AvgIpc) is 2.45. The van der Waals surface area contributed by atoms with Crippen LogP contribution in [0.15, 0.2) is 24.3 Å². The second-order valence-electron chi connectivity index (χ2n) is 5.28. The maximum absolute atomic E-state index is 13.0. The predicted octanol–water partition coefficient (Wildman–Crippen LogP) is 0.726. The van der Waals surface area contributed by atoms with Crippen LogP contribution in [0.25, 0.3) is 0 Å². The summed E-state index contributed by atoms with van der Waals surface area (Å²) in [5.74, 6) is -0.737. The fraction of sp³-hybridized carbons (Fsp3) is 0.467. The molecule has 1 aromatic rings. The van der Waals surface area contributed by atoms with Crippen molar-refractivity contribution in [2.45, 2.75) is 19.4 Å². The second kappa shape index (κ2) is 8.70. The lowest BCUT2D eigenvalue weighted by atomic mass is 10.1. The summed E-state index contributed by atoms with van der Waals surface area (Å²) in [7, 11) is 0. The minimum absolute atomic E-state index is 0. The lowest BCUT2D eigenvalue weighted by Gasteiger charge is -2.31. The van der Waals surface area contributed by atoms with Crippen LogP contribution in [0.5, 0.6) is 0 Å². The maximum atomic E-state index is 13.0. The highest BCUT2D eigenvalue weighted by Crippen LogP contribution is 2.04. The molecule has 2 rings (SSSR count). The number of carbonyl (C=O) groups is 2. The summed E-state index contributed by atoms with van der Waals surface area (Å²) in [6.07, 6.45) is 0.0724. The quantitative estimate of drug-likeness (QED) is 0.856. The third-order valence-corrected chi connectivity index (χ3v) is 3.41. The van der Waals surface area contributed by atoms with Gasteiger partial charge in [0.25, 0.3) is 0 Å². The summed E-state index contributed by atoms with van der Waals surface area (Å²) in [5, 5.41) is 5.84. The van der Waals surface area contributed by atoms with Crippen LogP contribution in [0.3, 0.4) is 0 Å². The molecule has 0 aromatic heterocycles. The van der Waals surface area contributed by atoms with Crippen molar-refractivity contribution in [2.24, 2.45) is 0 Å². The molecular weight excluding hydrogens is 309 g/mol. The van der Waals surface area contributed by atoms with E-state index in [0.717, 1.165) is 6.54 Å². The number of hydrogen-bond donors (Lipinski definition) is 2. The zero-order valence-electron chi connectivity index (χ0n) is 12.5. The van der Waals surface area contributed by atoms with Crippen LogP contribution in [0.4, 0.5) is 4.39 Å². The van der Waals surface area contributed by atoms with E-state index in [4.69, 9.17) is 0 Å². The molecule has 2 amide bonds. The monoisotopic (exact) mass is 329 g/mol. The average molecular weight is 330 g/mol. The number of piperazine rings is 1. The summed E-state index contributed by atoms with van der Waals surface area (Å²) in [6, 6.07) is 6.16. The van der Waals surface area contributed by atoms with E-state index in [1.807, 2.05) is 6.92 Å². The number of rotatable bonds is 4. The molecule has 22 heavy (non-hydrogen) atoms. The Morgan fingerprint density at radius 3 is 2.91 bits per heavy atom. The van der Waals surface area contributed by atoms with Crippen molar-refractivity contribution < 1.29 is 14.0 Å². The van der Waals surface area contributed by atoms with Crippen LogP contribution in [0, 0.1) is 5.82 Å². The molecule has 1 saturated heterocycles. The molecule has 1 unspecified atom stereocenters. The van der Waals surface area contributed by atoms with Crippen LogP contribution in [0.2, 0.25) is 0 Å². The van der Waals surface area contributed by atoms with Crippen LogP contribution in [0.1, 0.15) is 12.5 Å². The van der Waals surface area contributed by atoms with Gasteiger partial charge in [-0.2, -0.15) is 0 Å². The summed E-state index contributed by atoms with van der Waals surface area (Å²) in [4.78, 5) is 25.5. The molecule has 1 fully saturated rings. The van der Waals surface area contributed by atoms with Crippen LogP contribution < -0.4 is 10.6 Å². The Kier molecular flexibility index (Phi) is 7.27. The second-order valence-corrected chi connectivity index (χ2v) is 5.28. The molecule has 1 aliphatic rings. The topological polar surface area (TPSA) is 61.4 Å². The third-order valence-electron chi connectivity index (χ3n) is 3.41. The molecule has 1 aliphatic heterocycles. The van der Waals surface area contributed by atoms with Gasteiger partial charge in [0.1, 0.15) is 5.82 Å². The summed E-state index contributed by atoms with van der Waals surface area (Å²) in [6.45, 7) is 4.08. The van der Waals surface area contributed by atoms with Gasteiger partial charge in [-0.25, -0.2) is 4.39 Å². The summed E-state index contributed by atoms with van der Waals surface area (Å²) < 4.78 is 13.0.